The van der Waals surface area contributed by atoms with Crippen LogP contribution >= 0.6 is 0 Å². The largest absolute Gasteiger partial charge is 0.487 e. The highest BCUT2D eigenvalue weighted by Crippen LogP contribution is 2.51. The molecule has 0 aromatic rings. The van der Waals surface area contributed by atoms with Gasteiger partial charge in [-0.15, -0.1) is 3.62 Å². The molecule has 5 nitrogen and oxygen atoms in total. The maximum absolute atomic E-state index is 13.7. The summed E-state index contributed by atoms with van der Waals surface area (Å²) in [5, 5.41) is -10.4. The van der Waals surface area contributed by atoms with Gasteiger partial charge in [0.15, 0.2) is 13.3 Å². The van der Waals surface area contributed by atoms with Crippen molar-refractivity contribution in [2.75, 3.05) is 13.3 Å². The van der Waals surface area contributed by atoms with Gasteiger partial charge in [-0.25, -0.2) is 25.6 Å². The van der Waals surface area contributed by atoms with E-state index >= 15 is 0 Å². The third-order valence-electron chi connectivity index (χ3n) is 5.69. The van der Waals surface area contributed by atoms with Gasteiger partial charge in [0, 0.05) is 0 Å². The topological polar surface area (TPSA) is 71.5 Å². The van der Waals surface area contributed by atoms with Crippen LogP contribution < -0.4 is 0 Å². The van der Waals surface area contributed by atoms with Gasteiger partial charge < -0.3 is 0 Å². The van der Waals surface area contributed by atoms with Crippen molar-refractivity contribution < 1.29 is 95.9 Å². The van der Waals surface area contributed by atoms with E-state index in [1.165, 1.54) is 0 Å². The Kier molecular flexibility index (Phi) is 12.9. The van der Waals surface area contributed by atoms with E-state index in [2.05, 4.69) is 0 Å². The first-order chi connectivity index (χ1) is 18.3. The molecule has 0 saturated carbocycles. The highest BCUT2D eigenvalue weighted by atomic mass is 32.3. The first kappa shape index (κ1) is 40.7. The summed E-state index contributed by atoms with van der Waals surface area (Å²) in [7, 11) is -12.7. The first-order valence-corrected chi connectivity index (χ1v) is 13.6. The smallest absolute Gasteiger partial charge is 0.243 e. The van der Waals surface area contributed by atoms with Gasteiger partial charge in [-0.3, -0.25) is 0 Å². The number of alkyl halides is 18. The minimum atomic E-state index is -6.35. The molecule has 42 heavy (non-hydrogen) atoms. The number of halogens is 18. The summed E-state index contributed by atoms with van der Waals surface area (Å²) >= 11 is 0. The molecule has 0 aromatic heterocycles. The van der Waals surface area contributed by atoms with Gasteiger partial charge in [0.05, 0.1) is 0 Å². The van der Waals surface area contributed by atoms with Crippen LogP contribution in [0.1, 0.15) is 38.5 Å². The lowest BCUT2D eigenvalue weighted by atomic mass is 9.35. The summed E-state index contributed by atoms with van der Waals surface area (Å²) in [5.74, 6) is -1.50. The van der Waals surface area contributed by atoms with E-state index < -0.39 is 90.7 Å². The van der Waals surface area contributed by atoms with Gasteiger partial charge in [-0.2, -0.15) is 70.2 Å². The maximum atomic E-state index is 13.7. The molecular formula is C16H18BF18NO4S2. The van der Waals surface area contributed by atoms with E-state index in [1.54, 1.807) is 0 Å². The van der Waals surface area contributed by atoms with Crippen molar-refractivity contribution in [1.82, 2.24) is 3.62 Å². The van der Waals surface area contributed by atoms with Gasteiger partial charge in [-0.1, -0.05) is 38.5 Å². The van der Waals surface area contributed by atoms with Crippen LogP contribution in [0.25, 0.3) is 0 Å². The molecule has 0 spiro atoms. The van der Waals surface area contributed by atoms with Crippen LogP contribution in [-0.2, 0) is 20.0 Å². The van der Waals surface area contributed by atoms with Crippen LogP contribution in [0.15, 0.2) is 0 Å². The first-order valence-electron chi connectivity index (χ1n) is 10.8. The van der Waals surface area contributed by atoms with Gasteiger partial charge in [0.1, 0.15) is 0 Å². The number of rotatable bonds is 7. The Morgan fingerprint density at radius 2 is 0.714 bits per heavy atom. The van der Waals surface area contributed by atoms with E-state index in [9.17, 15) is 95.9 Å². The lowest BCUT2D eigenvalue weighted by Crippen LogP contribution is -2.62. The predicted molar refractivity (Wildman–Crippen MR) is 107 cm³/mol. The second-order valence-corrected chi connectivity index (χ2v) is 12.8. The Bertz CT molecular complexity index is 969. The Hall–Kier alpha value is -1.34. The Labute approximate surface area is 225 Å². The molecule has 2 bridgehead atoms. The highest BCUT2D eigenvalue weighted by molar-refractivity contribution is 8.06. The van der Waals surface area contributed by atoms with Gasteiger partial charge in [0.25, 0.3) is 26.9 Å². The number of fused-ring (bicyclic) bond motifs is 2. The summed E-state index contributed by atoms with van der Waals surface area (Å²) in [6, 6.07) is 0. The fourth-order valence-corrected chi connectivity index (χ4v) is 7.66. The molecule has 0 amide bonds. The standard InChI is InChI=1S/C12H18BF6NO4S2.2C2F6/c14-7-11(16,17)25(21,22)20(26(23,24)12(18,19)8-15)13-9-3-1-4-10(13)6-2-5-9;2*3-1(4,5)2(6,7)8/h9-10H,1-8H2;;. The van der Waals surface area contributed by atoms with Crippen molar-refractivity contribution in [2.45, 2.75) is 85.4 Å². The van der Waals surface area contributed by atoms with E-state index in [-0.39, 0.29) is 25.7 Å². The van der Waals surface area contributed by atoms with Crippen LogP contribution in [-0.4, -0.2) is 75.9 Å². The fraction of sp³-hybridized carbons (Fsp3) is 1.00. The minimum absolute atomic E-state index is 0.255. The number of nitrogens with zero attached hydrogens (tertiary/aromatic N) is 1. The lowest BCUT2D eigenvalue weighted by Gasteiger charge is -2.45. The van der Waals surface area contributed by atoms with E-state index in [4.69, 9.17) is 0 Å². The molecular weight excluding hydrogens is 687 g/mol. The zero-order valence-corrected chi connectivity index (χ0v) is 21.7. The molecule has 0 unspecified atom stereocenters. The molecule has 0 N–H and O–H groups in total. The van der Waals surface area contributed by atoms with E-state index in [0.717, 1.165) is 0 Å². The number of hydrogen-bond acceptors (Lipinski definition) is 4. The van der Waals surface area contributed by atoms with E-state index in [0.29, 0.717) is 12.8 Å². The molecule has 252 valence electrons. The predicted octanol–water partition coefficient (Wildman–Crippen LogP) is 7.39. The zero-order valence-electron chi connectivity index (χ0n) is 20.1. The fourth-order valence-electron chi connectivity index (χ4n) is 3.84. The molecule has 2 saturated heterocycles. The summed E-state index contributed by atoms with van der Waals surface area (Å²) in [6.07, 6.45) is -22.1. The van der Waals surface area contributed by atoms with Crippen molar-refractivity contribution in [3.8, 4) is 0 Å². The average molecular weight is 705 g/mol. The highest BCUT2D eigenvalue weighted by Gasteiger charge is 2.65. The van der Waals surface area contributed by atoms with Crippen molar-refractivity contribution in [3.05, 3.63) is 0 Å². The molecule has 2 rings (SSSR count). The molecule has 2 heterocycles. The van der Waals surface area contributed by atoms with Crippen molar-refractivity contribution in [1.29, 1.82) is 0 Å². The second-order valence-electron chi connectivity index (χ2n) is 8.64. The van der Waals surface area contributed by atoms with Crippen molar-refractivity contribution >= 4 is 26.9 Å². The Balaban J connectivity index is 0.000000861. The third-order valence-corrected chi connectivity index (χ3v) is 10.0. The number of sulfonamides is 2. The van der Waals surface area contributed by atoms with Crippen LogP contribution in [0.2, 0.25) is 11.6 Å². The van der Waals surface area contributed by atoms with Gasteiger partial charge in [-0.05, 0) is 11.6 Å². The Morgan fingerprint density at radius 1 is 0.500 bits per heavy atom. The van der Waals surface area contributed by atoms with Crippen LogP contribution in [0.4, 0.5) is 79.0 Å². The Morgan fingerprint density at radius 3 is 0.881 bits per heavy atom. The second kappa shape index (κ2) is 13.3. The van der Waals surface area contributed by atoms with Crippen LogP contribution in [0.3, 0.4) is 0 Å². The zero-order chi connectivity index (χ0) is 34.0. The molecule has 2 aliphatic rings. The number of hydrogen-bond donors (Lipinski definition) is 0. The molecule has 0 atom stereocenters. The monoisotopic (exact) mass is 705 g/mol. The SMILES string of the molecule is FC(F)(F)C(F)(F)F.FC(F)(F)C(F)(F)F.O=S(=O)(N(B1C2CCCC1CCC2)S(=O)(=O)C(F)(F)CF)C(F)(F)CF. The van der Waals surface area contributed by atoms with Gasteiger partial charge in [0.2, 0.25) is 0 Å². The van der Waals surface area contributed by atoms with Crippen molar-refractivity contribution in [2.24, 2.45) is 0 Å². The average Bonchev–Trinajstić information content (AvgIpc) is 2.76. The van der Waals surface area contributed by atoms with Crippen LogP contribution in [0.5, 0.6) is 0 Å². The molecule has 0 radical (unpaired) electrons. The molecule has 2 aliphatic heterocycles. The van der Waals surface area contributed by atoms with Crippen LogP contribution in [0, 0.1) is 0 Å². The summed E-state index contributed by atoms with van der Waals surface area (Å²) < 4.78 is 253. The third kappa shape index (κ3) is 9.33. The summed E-state index contributed by atoms with van der Waals surface area (Å²) in [6.45, 7) is -7.27. The molecule has 26 heteroatoms. The maximum Gasteiger partial charge on any atom is 0.487 e. The molecule has 2 fully saturated rings. The molecule has 0 aromatic carbocycles. The normalized spacial score (nSPS) is 21.3. The van der Waals surface area contributed by atoms with E-state index in [1.807, 2.05) is 0 Å². The summed E-state index contributed by atoms with van der Waals surface area (Å²) in [4.78, 5) is 0. The van der Waals surface area contributed by atoms with Crippen molar-refractivity contribution in [3.63, 3.8) is 0 Å². The summed E-state index contributed by atoms with van der Waals surface area (Å²) in [5.41, 5.74) is 0. The molecule has 0 aliphatic carbocycles. The lowest BCUT2D eigenvalue weighted by molar-refractivity contribution is -0.339. The quantitative estimate of drug-likeness (QED) is 0.205. The minimum Gasteiger partial charge on any atom is -0.243 e. The van der Waals surface area contributed by atoms with Gasteiger partial charge >= 0.3 is 35.2 Å².